The average Bonchev–Trinajstić information content (AvgIpc) is 2.87. The summed E-state index contributed by atoms with van der Waals surface area (Å²) in [5.74, 6) is 0.379. The topological polar surface area (TPSA) is 151 Å². The zero-order chi connectivity index (χ0) is 25.5. The second-order valence-electron chi connectivity index (χ2n) is 7.53. The van der Waals surface area contributed by atoms with Crippen molar-refractivity contribution < 1.29 is 27.0 Å². The SMILES string of the molecule is O=CCC=NN=c1ccc2c(-c3ccccc3S(=O)(=O)O)c3ccc(N=NCCC=O)cc3oc-2c1. The monoisotopic (exact) mass is 504 g/mol. The van der Waals surface area contributed by atoms with Crippen LogP contribution in [0.25, 0.3) is 33.4 Å². The fourth-order valence-electron chi connectivity index (χ4n) is 3.62. The van der Waals surface area contributed by atoms with Gasteiger partial charge in [-0.25, -0.2) is 0 Å². The van der Waals surface area contributed by atoms with E-state index in [1.54, 1.807) is 48.5 Å². The van der Waals surface area contributed by atoms with Crippen LogP contribution in [-0.2, 0) is 19.7 Å². The third-order valence-corrected chi connectivity index (χ3v) is 6.02. The summed E-state index contributed by atoms with van der Waals surface area (Å²) in [5, 5.41) is 17.0. The van der Waals surface area contributed by atoms with Gasteiger partial charge in [-0.2, -0.15) is 28.8 Å². The molecule has 1 N–H and O–H groups in total. The second kappa shape index (κ2) is 10.9. The highest BCUT2D eigenvalue weighted by atomic mass is 32.2. The first kappa shape index (κ1) is 24.8. The number of carbonyl (C=O) groups excluding carboxylic acids is 2. The Morgan fingerprint density at radius 2 is 1.78 bits per heavy atom. The van der Waals surface area contributed by atoms with E-state index >= 15 is 0 Å². The quantitative estimate of drug-likeness (QED) is 0.0669. The molecule has 0 fully saturated rings. The molecule has 2 aromatic carbocycles. The van der Waals surface area contributed by atoms with Crippen molar-refractivity contribution in [1.29, 1.82) is 0 Å². The Balaban J connectivity index is 2.00. The van der Waals surface area contributed by atoms with Gasteiger partial charge in [0.2, 0.25) is 0 Å². The Bertz CT molecular complexity index is 1640. The molecule has 1 heterocycles. The van der Waals surface area contributed by atoms with Gasteiger partial charge in [0.15, 0.2) is 0 Å². The minimum Gasteiger partial charge on any atom is -0.456 e. The lowest BCUT2D eigenvalue weighted by Gasteiger charge is -2.17. The summed E-state index contributed by atoms with van der Waals surface area (Å²) in [6.07, 6.45) is 3.21. The lowest BCUT2D eigenvalue weighted by Crippen LogP contribution is -2.04. The highest BCUT2D eigenvalue weighted by molar-refractivity contribution is 7.86. The Morgan fingerprint density at radius 3 is 2.56 bits per heavy atom. The molecule has 11 heteroatoms. The van der Waals surface area contributed by atoms with Crippen molar-refractivity contribution in [3.63, 3.8) is 0 Å². The summed E-state index contributed by atoms with van der Waals surface area (Å²) in [6.45, 7) is 0.249. The van der Waals surface area contributed by atoms with Crippen LogP contribution in [-0.4, -0.2) is 38.3 Å². The van der Waals surface area contributed by atoms with E-state index < -0.39 is 10.1 Å². The number of benzene rings is 3. The van der Waals surface area contributed by atoms with Crippen molar-refractivity contribution in [2.24, 2.45) is 20.4 Å². The number of aldehydes is 2. The molecule has 1 aliphatic heterocycles. The molecular formula is C25H20N4O6S. The highest BCUT2D eigenvalue weighted by Crippen LogP contribution is 2.42. The van der Waals surface area contributed by atoms with Gasteiger partial charge in [0, 0.05) is 53.3 Å². The molecule has 2 aromatic rings. The Kier molecular flexibility index (Phi) is 7.52. The van der Waals surface area contributed by atoms with Crippen molar-refractivity contribution in [2.75, 3.05) is 6.54 Å². The summed E-state index contributed by atoms with van der Waals surface area (Å²) in [6, 6.07) is 16.2. The standard InChI is InChI=1S/C25H20N4O6S/c30-13-3-11-26-28-17-7-9-19-22(15-17)35-23-16-18(29-27-12-4-14-31)8-10-20(23)25(19)21-5-1-2-6-24(21)36(32,33)34/h1-2,5-11,13-16H,3-4,12H2,(H,32,33,34). The molecule has 2 aliphatic rings. The van der Waals surface area contributed by atoms with Crippen LogP contribution in [0.3, 0.4) is 0 Å². The maximum atomic E-state index is 12.2. The molecule has 36 heavy (non-hydrogen) atoms. The largest absolute Gasteiger partial charge is 0.456 e. The fourth-order valence-corrected chi connectivity index (χ4v) is 4.32. The molecule has 0 atom stereocenters. The molecule has 0 unspecified atom stereocenters. The number of carbonyl (C=O) groups is 2. The maximum absolute atomic E-state index is 12.2. The van der Waals surface area contributed by atoms with Gasteiger partial charge in [-0.3, -0.25) is 4.55 Å². The average molecular weight is 505 g/mol. The van der Waals surface area contributed by atoms with Crippen molar-refractivity contribution in [3.8, 4) is 22.5 Å². The van der Waals surface area contributed by atoms with E-state index in [9.17, 15) is 22.6 Å². The van der Waals surface area contributed by atoms with Crippen LogP contribution in [0.5, 0.6) is 0 Å². The van der Waals surface area contributed by atoms with Gasteiger partial charge in [0.25, 0.3) is 10.1 Å². The number of azo groups is 1. The minimum atomic E-state index is -4.53. The summed E-state index contributed by atoms with van der Waals surface area (Å²) >= 11 is 0. The van der Waals surface area contributed by atoms with Crippen LogP contribution >= 0.6 is 0 Å². The van der Waals surface area contributed by atoms with E-state index in [-0.39, 0.29) is 24.3 Å². The molecule has 0 saturated heterocycles. The number of hydrogen-bond acceptors (Lipinski definition) is 9. The predicted molar refractivity (Wildman–Crippen MR) is 133 cm³/mol. The van der Waals surface area contributed by atoms with E-state index in [1.807, 2.05) is 0 Å². The Hall–Kier alpha value is -4.35. The molecule has 0 spiro atoms. The van der Waals surface area contributed by atoms with Gasteiger partial charge in [-0.15, -0.1) is 0 Å². The third-order valence-electron chi connectivity index (χ3n) is 5.11. The molecule has 0 aromatic heterocycles. The van der Waals surface area contributed by atoms with Gasteiger partial charge < -0.3 is 14.0 Å². The van der Waals surface area contributed by atoms with E-state index in [0.717, 1.165) is 6.29 Å². The molecule has 1 aliphatic carbocycles. The molecular weight excluding hydrogens is 484 g/mol. The van der Waals surface area contributed by atoms with Crippen LogP contribution in [0.2, 0.25) is 0 Å². The molecule has 0 radical (unpaired) electrons. The van der Waals surface area contributed by atoms with Crippen molar-refractivity contribution >= 4 is 45.6 Å². The first-order valence-corrected chi connectivity index (χ1v) is 12.2. The van der Waals surface area contributed by atoms with Crippen LogP contribution in [0.15, 0.2) is 90.4 Å². The Labute approximate surface area is 205 Å². The van der Waals surface area contributed by atoms with Gasteiger partial charge >= 0.3 is 0 Å². The third kappa shape index (κ3) is 5.48. The second-order valence-corrected chi connectivity index (χ2v) is 8.92. The summed E-state index contributed by atoms with van der Waals surface area (Å²) in [7, 11) is -4.53. The van der Waals surface area contributed by atoms with Gasteiger partial charge in [-0.05, 0) is 30.3 Å². The van der Waals surface area contributed by atoms with Gasteiger partial charge in [-0.1, -0.05) is 18.2 Å². The van der Waals surface area contributed by atoms with Crippen LogP contribution in [0.1, 0.15) is 12.8 Å². The van der Waals surface area contributed by atoms with E-state index in [4.69, 9.17) is 4.42 Å². The zero-order valence-corrected chi connectivity index (χ0v) is 19.6. The summed E-state index contributed by atoms with van der Waals surface area (Å²) < 4.78 is 40.4. The lowest BCUT2D eigenvalue weighted by molar-refractivity contribution is -0.108. The van der Waals surface area contributed by atoms with E-state index in [0.29, 0.717) is 50.8 Å². The van der Waals surface area contributed by atoms with Crippen molar-refractivity contribution in [3.05, 3.63) is 66.0 Å². The number of rotatable bonds is 9. The fraction of sp³-hybridized carbons (Fsp3) is 0.120. The maximum Gasteiger partial charge on any atom is 0.295 e. The van der Waals surface area contributed by atoms with Gasteiger partial charge in [0.05, 0.1) is 17.6 Å². The number of fused-ring (bicyclic) bond motifs is 2. The van der Waals surface area contributed by atoms with E-state index in [2.05, 4.69) is 20.4 Å². The normalized spacial score (nSPS) is 12.8. The van der Waals surface area contributed by atoms with E-state index in [1.165, 1.54) is 18.3 Å². The highest BCUT2D eigenvalue weighted by Gasteiger charge is 2.23. The molecule has 0 amide bonds. The summed E-state index contributed by atoms with van der Waals surface area (Å²) in [5.41, 5.74) is 2.26. The Morgan fingerprint density at radius 1 is 0.944 bits per heavy atom. The number of nitrogens with zero attached hydrogens (tertiary/aromatic N) is 4. The minimum absolute atomic E-state index is 0.132. The number of hydrogen-bond donors (Lipinski definition) is 1. The summed E-state index contributed by atoms with van der Waals surface area (Å²) in [4.78, 5) is 20.7. The predicted octanol–water partition coefficient (Wildman–Crippen LogP) is 4.60. The smallest absolute Gasteiger partial charge is 0.295 e. The van der Waals surface area contributed by atoms with Crippen molar-refractivity contribution in [2.45, 2.75) is 17.7 Å². The van der Waals surface area contributed by atoms with Gasteiger partial charge in [0.1, 0.15) is 28.8 Å². The molecule has 10 nitrogen and oxygen atoms in total. The van der Waals surface area contributed by atoms with Crippen LogP contribution in [0, 0.1) is 0 Å². The lowest BCUT2D eigenvalue weighted by atomic mass is 9.93. The van der Waals surface area contributed by atoms with Crippen LogP contribution < -0.4 is 5.36 Å². The molecule has 0 saturated carbocycles. The first-order valence-electron chi connectivity index (χ1n) is 10.8. The van der Waals surface area contributed by atoms with Crippen molar-refractivity contribution in [1.82, 2.24) is 0 Å². The molecule has 4 rings (SSSR count). The zero-order valence-electron chi connectivity index (χ0n) is 18.8. The molecule has 182 valence electrons. The van der Waals surface area contributed by atoms with Crippen LogP contribution in [0.4, 0.5) is 5.69 Å². The first-order chi connectivity index (χ1) is 17.4. The molecule has 0 bridgehead atoms.